The average molecular weight is 1210 g/mol. The highest BCUT2D eigenvalue weighted by atomic mass is 16.6. The topological polar surface area (TPSA) is 183 Å². The molecule has 0 atom stereocenters. The van der Waals surface area contributed by atoms with Crippen molar-refractivity contribution in [3.05, 3.63) is 47.7 Å². The monoisotopic (exact) mass is 1210 g/mol. The van der Waals surface area contributed by atoms with Gasteiger partial charge in [0.25, 0.3) is 0 Å². The maximum atomic E-state index is 11.3. The summed E-state index contributed by atoms with van der Waals surface area (Å²) in [6.07, 6.45) is 25.7. The Labute approximate surface area is 522 Å². The van der Waals surface area contributed by atoms with Crippen molar-refractivity contribution in [2.45, 2.75) is 274 Å². The van der Waals surface area contributed by atoms with Gasteiger partial charge in [0.2, 0.25) is 0 Å². The number of ether oxygens (including phenoxy) is 6. The van der Waals surface area contributed by atoms with Gasteiger partial charge in [-0.15, -0.1) is 0 Å². The van der Waals surface area contributed by atoms with Crippen LogP contribution in [0.25, 0.3) is 0 Å². The lowest BCUT2D eigenvalue weighted by Crippen LogP contribution is -2.44. The molecule has 1 aromatic carbocycles. The Morgan fingerprint density at radius 2 is 0.744 bits per heavy atom. The lowest BCUT2D eigenvalue weighted by Gasteiger charge is -2.32. The van der Waals surface area contributed by atoms with E-state index in [2.05, 4.69) is 56.8 Å². The third kappa shape index (κ3) is 53.5. The van der Waals surface area contributed by atoms with Crippen molar-refractivity contribution in [3.63, 3.8) is 0 Å². The number of likely N-dealkylation sites (N-methyl/N-ethyl adjacent to an activating group) is 1. The number of likely N-dealkylation sites (tertiary alicyclic amines) is 2. The molecule has 0 spiro atoms. The van der Waals surface area contributed by atoms with Gasteiger partial charge in [0.15, 0.2) is 0 Å². The average Bonchev–Trinajstić information content (AvgIpc) is 4.03. The number of carbonyl (C=O) groups is 6. The maximum Gasteiger partial charge on any atom is 0.306 e. The Morgan fingerprint density at radius 3 is 1.10 bits per heavy atom. The molecule has 86 heavy (non-hydrogen) atoms. The van der Waals surface area contributed by atoms with Gasteiger partial charge in [0, 0.05) is 83.0 Å². The molecule has 4 heterocycles. The first-order valence-corrected chi connectivity index (χ1v) is 33.3. The number of rotatable bonds is 30. The van der Waals surface area contributed by atoms with Crippen LogP contribution in [0.3, 0.4) is 0 Å². The number of carbonyl (C=O) groups excluding carboxylic acids is 6. The minimum Gasteiger partial charge on any atom is -0.463 e. The molecule has 1 aromatic rings. The number of nitrogens with zero attached hydrogens (tertiary/aromatic N) is 5. The van der Waals surface area contributed by atoms with Crippen molar-refractivity contribution in [2.24, 2.45) is 4.99 Å². The maximum absolute atomic E-state index is 11.3. The Hall–Kier alpha value is -4.71. The molecule has 0 aromatic heterocycles. The zero-order valence-electron chi connectivity index (χ0n) is 56.7. The summed E-state index contributed by atoms with van der Waals surface area (Å²) in [5.74, 6) is -0.444. The molecule has 0 saturated carbocycles. The molecule has 4 aliphatic heterocycles. The summed E-state index contributed by atoms with van der Waals surface area (Å²) in [7, 11) is 2.15. The van der Waals surface area contributed by atoms with Crippen molar-refractivity contribution in [1.82, 2.24) is 19.6 Å². The number of aryl methyl sites for hydroxylation is 1. The molecule has 4 aliphatic rings. The van der Waals surface area contributed by atoms with Crippen molar-refractivity contribution in [3.8, 4) is 0 Å². The number of hydrogen-bond acceptors (Lipinski definition) is 17. The fourth-order valence-corrected chi connectivity index (χ4v) is 9.26. The van der Waals surface area contributed by atoms with Gasteiger partial charge in [-0.1, -0.05) is 62.6 Å². The van der Waals surface area contributed by atoms with E-state index in [4.69, 9.17) is 28.4 Å². The number of unbranched alkanes of at least 4 members (excludes halogenated alkanes) is 2. The van der Waals surface area contributed by atoms with Crippen molar-refractivity contribution in [2.75, 3.05) is 79.0 Å². The first-order valence-electron chi connectivity index (χ1n) is 33.3. The highest BCUT2D eigenvalue weighted by Crippen LogP contribution is 2.15. The highest BCUT2D eigenvalue weighted by molar-refractivity contribution is 5.71. The Morgan fingerprint density at radius 1 is 0.407 bits per heavy atom. The lowest BCUT2D eigenvalue weighted by atomic mass is 10.1. The number of benzene rings is 1. The summed E-state index contributed by atoms with van der Waals surface area (Å²) in [4.78, 5) is 80.9. The number of hydrogen-bond donors (Lipinski definition) is 0. The summed E-state index contributed by atoms with van der Waals surface area (Å²) in [5.41, 5.74) is 2.37. The number of piperidine rings is 2. The summed E-state index contributed by atoms with van der Waals surface area (Å²) < 4.78 is 30.2. The summed E-state index contributed by atoms with van der Waals surface area (Å²) >= 11 is 0. The Bertz CT molecular complexity index is 1940. The van der Waals surface area contributed by atoms with Gasteiger partial charge in [0.1, 0.15) is 0 Å². The van der Waals surface area contributed by atoms with Gasteiger partial charge in [-0.25, -0.2) is 0 Å². The minimum absolute atomic E-state index is 0.00535. The van der Waals surface area contributed by atoms with Crippen molar-refractivity contribution in [1.29, 1.82) is 0 Å². The molecule has 5 rings (SSSR count). The van der Waals surface area contributed by atoms with Crippen LogP contribution in [0.1, 0.15) is 237 Å². The van der Waals surface area contributed by atoms with Gasteiger partial charge >= 0.3 is 35.8 Å². The van der Waals surface area contributed by atoms with Crippen LogP contribution in [0.5, 0.6) is 0 Å². The third-order valence-electron chi connectivity index (χ3n) is 13.5. The number of aliphatic imine (C=N–C) groups is 1. The standard InChI is InChI=1S/C13H25NO2.C13H18O2.C12H24N2O2.C12H23NO2.C11H17NO2.C8H16O2/c1-12(2)16-13(15)8-4-7-11-14-9-5-3-6-10-14;1-11(2)15-13(14)10-6-9-12-7-4-3-5-8-12;1-11(2)16-12(15)5-4-6-14-9-7-13(3)8-10-14;1-11(2)15-12(14)7-6-10-13-8-4-3-5-9-13;1-9(2)14-11(13)7-3-5-10-6-4-8-12-10;1-4-5-6-8(9)10-7(2)3/h12H,3-11H2,1-2H3;3-5,7-8,11H,6,9-10H2,1-2H3;11H,4-10H2,1-3H3;11H,3-10H2,1-2H3;6,8-9H,3-5,7H2,1-2H3;7H,4-6H2,1-3H3. The van der Waals surface area contributed by atoms with E-state index in [9.17, 15) is 28.8 Å². The Kier molecular flexibility index (Phi) is 50.4. The second kappa shape index (κ2) is 53.3. The molecule has 0 aliphatic carbocycles. The van der Waals surface area contributed by atoms with Gasteiger partial charge in [0.05, 0.1) is 36.6 Å². The predicted octanol–water partition coefficient (Wildman–Crippen LogP) is 13.3. The molecular formula is C69H123N5O12. The van der Waals surface area contributed by atoms with E-state index in [1.807, 2.05) is 107 Å². The SMILES string of the molecule is CC(C)OC(=O)CCCC1=CCC=N1.CC(C)OC(=O)CCCCN1CCCCC1.CC(C)OC(=O)CCCN1CCCCC1.CC(C)OC(=O)CCCN1CCN(C)CC1.CC(C)OC(=O)CCCc1ccccc1.CCCCC(=O)OC(C)C. The molecular weight excluding hydrogens is 1090 g/mol. The normalized spacial score (nSPS) is 15.3. The van der Waals surface area contributed by atoms with Gasteiger partial charge < -0.3 is 48.0 Å². The third-order valence-corrected chi connectivity index (χ3v) is 13.5. The van der Waals surface area contributed by atoms with E-state index in [1.54, 1.807) is 0 Å². The first kappa shape index (κ1) is 81.3. The second-order valence-corrected chi connectivity index (χ2v) is 24.4. The second-order valence-electron chi connectivity index (χ2n) is 24.4. The van der Waals surface area contributed by atoms with Crippen LogP contribution in [0, 0.1) is 0 Å². The molecule has 0 bridgehead atoms. The van der Waals surface area contributed by atoms with E-state index in [0.717, 1.165) is 122 Å². The smallest absolute Gasteiger partial charge is 0.306 e. The van der Waals surface area contributed by atoms with E-state index >= 15 is 0 Å². The van der Waals surface area contributed by atoms with Crippen LogP contribution in [0.15, 0.2) is 47.1 Å². The Balaban J connectivity index is 0.00000101. The van der Waals surface area contributed by atoms with Crippen LogP contribution in [-0.4, -0.2) is 177 Å². The van der Waals surface area contributed by atoms with Gasteiger partial charge in [-0.3, -0.25) is 33.8 Å². The summed E-state index contributed by atoms with van der Waals surface area (Å²) in [5, 5.41) is 0. The lowest BCUT2D eigenvalue weighted by molar-refractivity contribution is -0.148. The van der Waals surface area contributed by atoms with Crippen molar-refractivity contribution >= 4 is 42.0 Å². The minimum atomic E-state index is -0.109. The zero-order chi connectivity index (χ0) is 64.3. The summed E-state index contributed by atoms with van der Waals surface area (Å²) in [6, 6.07) is 10.2. The molecule has 0 amide bonds. The highest BCUT2D eigenvalue weighted by Gasteiger charge is 2.16. The van der Waals surface area contributed by atoms with E-state index in [-0.39, 0.29) is 72.4 Å². The number of allylic oxidation sites excluding steroid dienone is 2. The quantitative estimate of drug-likeness (QED) is 0.0402. The van der Waals surface area contributed by atoms with Crippen LogP contribution in [0.2, 0.25) is 0 Å². The molecule has 0 unspecified atom stereocenters. The number of piperazine rings is 1. The van der Waals surface area contributed by atoms with Crippen LogP contribution in [-0.2, 0) is 63.6 Å². The van der Waals surface area contributed by atoms with Crippen molar-refractivity contribution < 1.29 is 57.2 Å². The first-order chi connectivity index (χ1) is 41.0. The fourth-order valence-electron chi connectivity index (χ4n) is 9.26. The zero-order valence-corrected chi connectivity index (χ0v) is 56.7. The molecule has 17 heteroatoms. The van der Waals surface area contributed by atoms with E-state index in [0.29, 0.717) is 38.5 Å². The molecule has 3 saturated heterocycles. The van der Waals surface area contributed by atoms with Gasteiger partial charge in [-0.05, 0) is 225 Å². The van der Waals surface area contributed by atoms with E-state index in [1.165, 1.54) is 70.3 Å². The van der Waals surface area contributed by atoms with Gasteiger partial charge in [-0.2, -0.15) is 0 Å². The largest absolute Gasteiger partial charge is 0.463 e. The number of esters is 6. The summed E-state index contributed by atoms with van der Waals surface area (Å²) in [6.45, 7) is 37.2. The van der Waals surface area contributed by atoms with Crippen LogP contribution < -0.4 is 0 Å². The molecule has 496 valence electrons. The molecule has 0 N–H and O–H groups in total. The van der Waals surface area contributed by atoms with Crippen LogP contribution >= 0.6 is 0 Å². The van der Waals surface area contributed by atoms with E-state index < -0.39 is 0 Å². The predicted molar refractivity (Wildman–Crippen MR) is 348 cm³/mol. The molecule has 3 fully saturated rings. The molecule has 17 nitrogen and oxygen atoms in total. The molecule has 0 radical (unpaired) electrons. The fraction of sp³-hybridized carbons (Fsp3) is 0.783. The van der Waals surface area contributed by atoms with Crippen LogP contribution in [0.4, 0.5) is 0 Å².